The number of ether oxygens (including phenoxy) is 1. The van der Waals surface area contributed by atoms with Gasteiger partial charge in [0, 0.05) is 17.7 Å². The highest BCUT2D eigenvalue weighted by Crippen LogP contribution is 2.33. The fourth-order valence-corrected chi connectivity index (χ4v) is 1.64. The van der Waals surface area contributed by atoms with Crippen molar-refractivity contribution in [1.29, 1.82) is 0 Å². The molecule has 1 N–H and O–H groups in total. The second kappa shape index (κ2) is 4.75. The van der Waals surface area contributed by atoms with Crippen LogP contribution < -0.4 is 4.74 Å². The molecule has 0 atom stereocenters. The van der Waals surface area contributed by atoms with Crippen molar-refractivity contribution >= 4 is 5.69 Å². The first-order chi connectivity index (χ1) is 8.61. The van der Waals surface area contributed by atoms with Gasteiger partial charge in [-0.15, -0.1) is 0 Å². The third-order valence-electron chi connectivity index (χ3n) is 2.59. The average molecular weight is 245 g/mol. The number of nitrogens with zero attached hydrogens (tertiary/aromatic N) is 1. The van der Waals surface area contributed by atoms with Crippen molar-refractivity contribution < 1.29 is 14.8 Å². The number of aromatic hydroxyl groups is 1. The molecule has 0 radical (unpaired) electrons. The molecule has 0 spiro atoms. The maximum atomic E-state index is 10.6. The highest BCUT2D eigenvalue weighted by Gasteiger charge is 2.09. The first kappa shape index (κ1) is 11.9. The number of non-ortho nitro benzene ring substituents is 1. The van der Waals surface area contributed by atoms with Crippen LogP contribution in [-0.2, 0) is 0 Å². The van der Waals surface area contributed by atoms with Crippen LogP contribution in [0.25, 0.3) is 11.1 Å². The molecule has 2 aromatic rings. The van der Waals surface area contributed by atoms with Crippen LogP contribution in [0, 0.1) is 10.1 Å². The third kappa shape index (κ3) is 2.24. The highest BCUT2D eigenvalue weighted by molar-refractivity contribution is 5.72. The Kier molecular flexibility index (Phi) is 3.14. The van der Waals surface area contributed by atoms with Gasteiger partial charge in [0.2, 0.25) is 0 Å². The largest absolute Gasteiger partial charge is 0.507 e. The Morgan fingerprint density at radius 2 is 1.83 bits per heavy atom. The Balaban J connectivity index is 2.44. The lowest BCUT2D eigenvalue weighted by Gasteiger charge is -2.07. The van der Waals surface area contributed by atoms with E-state index in [0.29, 0.717) is 16.9 Å². The second-order valence-corrected chi connectivity index (χ2v) is 3.69. The van der Waals surface area contributed by atoms with Crippen LogP contribution in [0.1, 0.15) is 0 Å². The van der Waals surface area contributed by atoms with Crippen molar-refractivity contribution in [1.82, 2.24) is 0 Å². The minimum absolute atomic E-state index is 0.0149. The Labute approximate surface area is 103 Å². The minimum Gasteiger partial charge on any atom is -0.507 e. The van der Waals surface area contributed by atoms with Gasteiger partial charge in [0.15, 0.2) is 0 Å². The highest BCUT2D eigenvalue weighted by atomic mass is 16.6. The maximum absolute atomic E-state index is 10.6. The smallest absolute Gasteiger partial charge is 0.269 e. The molecule has 18 heavy (non-hydrogen) atoms. The standard InChI is InChI=1S/C13H11NO4/c1-18-11-6-7-13(15)12(8-11)9-2-4-10(5-3-9)14(16)17/h2-8,15H,1H3. The van der Waals surface area contributed by atoms with Gasteiger partial charge in [-0.2, -0.15) is 0 Å². The molecule has 0 bridgehead atoms. The molecule has 0 saturated heterocycles. The van der Waals surface area contributed by atoms with E-state index >= 15 is 0 Å². The van der Waals surface area contributed by atoms with Gasteiger partial charge < -0.3 is 9.84 Å². The van der Waals surface area contributed by atoms with Crippen LogP contribution in [0.5, 0.6) is 11.5 Å². The lowest BCUT2D eigenvalue weighted by molar-refractivity contribution is -0.384. The van der Waals surface area contributed by atoms with Crippen molar-refractivity contribution in [3.8, 4) is 22.6 Å². The van der Waals surface area contributed by atoms with Crippen molar-refractivity contribution in [3.05, 3.63) is 52.6 Å². The van der Waals surface area contributed by atoms with E-state index in [-0.39, 0.29) is 11.4 Å². The van der Waals surface area contributed by atoms with Gasteiger partial charge in [-0.3, -0.25) is 10.1 Å². The molecule has 92 valence electrons. The maximum Gasteiger partial charge on any atom is 0.269 e. The molecular weight excluding hydrogens is 234 g/mol. The van der Waals surface area contributed by atoms with Gasteiger partial charge in [0.25, 0.3) is 5.69 Å². The SMILES string of the molecule is COc1ccc(O)c(-c2ccc([N+](=O)[O-])cc2)c1. The topological polar surface area (TPSA) is 72.6 Å². The lowest BCUT2D eigenvalue weighted by Crippen LogP contribution is -1.88. The predicted octanol–water partition coefficient (Wildman–Crippen LogP) is 2.98. The fourth-order valence-electron chi connectivity index (χ4n) is 1.64. The number of phenolic OH excluding ortho intramolecular Hbond substituents is 1. The molecule has 0 aliphatic heterocycles. The van der Waals surface area contributed by atoms with Crippen LogP contribution in [0.4, 0.5) is 5.69 Å². The summed E-state index contributed by atoms with van der Waals surface area (Å²) in [5.74, 6) is 0.714. The normalized spacial score (nSPS) is 10.1. The summed E-state index contributed by atoms with van der Waals surface area (Å²) in [5, 5.41) is 20.3. The zero-order valence-corrected chi connectivity index (χ0v) is 9.66. The van der Waals surface area contributed by atoms with Crippen LogP contribution in [0.2, 0.25) is 0 Å². The molecule has 0 saturated carbocycles. The zero-order valence-electron chi connectivity index (χ0n) is 9.66. The summed E-state index contributed by atoms with van der Waals surface area (Å²) in [6.45, 7) is 0. The van der Waals surface area contributed by atoms with Crippen LogP contribution in [-0.4, -0.2) is 17.1 Å². The van der Waals surface area contributed by atoms with Crippen LogP contribution >= 0.6 is 0 Å². The Morgan fingerprint density at radius 1 is 1.17 bits per heavy atom. The van der Waals surface area contributed by atoms with E-state index in [1.54, 1.807) is 24.3 Å². The summed E-state index contributed by atoms with van der Waals surface area (Å²) >= 11 is 0. The number of nitro benzene ring substituents is 1. The van der Waals surface area contributed by atoms with Gasteiger partial charge in [0.1, 0.15) is 11.5 Å². The Morgan fingerprint density at radius 3 is 2.39 bits per heavy atom. The summed E-state index contributed by atoms with van der Waals surface area (Å²) < 4.78 is 5.07. The summed E-state index contributed by atoms with van der Waals surface area (Å²) in [5.41, 5.74) is 1.28. The summed E-state index contributed by atoms with van der Waals surface area (Å²) in [4.78, 5) is 10.1. The van der Waals surface area contributed by atoms with Crippen LogP contribution in [0.3, 0.4) is 0 Å². The fraction of sp³-hybridized carbons (Fsp3) is 0.0769. The summed E-state index contributed by atoms with van der Waals surface area (Å²) in [6.07, 6.45) is 0. The molecule has 0 aliphatic rings. The molecule has 0 heterocycles. The number of hydrogen-bond acceptors (Lipinski definition) is 4. The van der Waals surface area contributed by atoms with E-state index in [1.165, 1.54) is 25.3 Å². The number of benzene rings is 2. The van der Waals surface area contributed by atoms with Crippen molar-refractivity contribution in [2.24, 2.45) is 0 Å². The predicted molar refractivity (Wildman–Crippen MR) is 66.7 cm³/mol. The number of rotatable bonds is 3. The lowest BCUT2D eigenvalue weighted by atomic mass is 10.0. The molecular formula is C13H11NO4. The number of phenols is 1. The molecule has 0 aliphatic carbocycles. The second-order valence-electron chi connectivity index (χ2n) is 3.69. The third-order valence-corrected chi connectivity index (χ3v) is 2.59. The molecule has 2 aromatic carbocycles. The molecule has 2 rings (SSSR count). The van der Waals surface area contributed by atoms with Gasteiger partial charge in [-0.05, 0) is 35.9 Å². The molecule has 0 unspecified atom stereocenters. The van der Waals surface area contributed by atoms with Crippen molar-refractivity contribution in [2.45, 2.75) is 0 Å². The van der Waals surface area contributed by atoms with E-state index < -0.39 is 4.92 Å². The first-order valence-corrected chi connectivity index (χ1v) is 5.23. The first-order valence-electron chi connectivity index (χ1n) is 5.23. The van der Waals surface area contributed by atoms with Crippen molar-refractivity contribution in [2.75, 3.05) is 7.11 Å². The molecule has 5 heteroatoms. The summed E-state index contributed by atoms with van der Waals surface area (Å²) in [7, 11) is 1.53. The summed E-state index contributed by atoms with van der Waals surface area (Å²) in [6, 6.07) is 10.8. The number of nitro groups is 1. The number of hydrogen-bond donors (Lipinski definition) is 1. The zero-order chi connectivity index (χ0) is 13.1. The molecule has 5 nitrogen and oxygen atoms in total. The quantitative estimate of drug-likeness (QED) is 0.666. The van der Waals surface area contributed by atoms with Gasteiger partial charge in [-0.25, -0.2) is 0 Å². The van der Waals surface area contributed by atoms with E-state index in [2.05, 4.69) is 0 Å². The van der Waals surface area contributed by atoms with Gasteiger partial charge in [0.05, 0.1) is 12.0 Å². The van der Waals surface area contributed by atoms with E-state index in [1.807, 2.05) is 0 Å². The van der Waals surface area contributed by atoms with Gasteiger partial charge >= 0.3 is 0 Å². The number of methoxy groups -OCH3 is 1. The Hall–Kier alpha value is -2.56. The molecule has 0 amide bonds. The molecule has 0 fully saturated rings. The monoisotopic (exact) mass is 245 g/mol. The van der Waals surface area contributed by atoms with E-state index in [0.717, 1.165) is 0 Å². The average Bonchev–Trinajstić information content (AvgIpc) is 2.39. The molecule has 0 aromatic heterocycles. The minimum atomic E-state index is -0.463. The van der Waals surface area contributed by atoms with E-state index in [4.69, 9.17) is 4.74 Å². The van der Waals surface area contributed by atoms with Crippen molar-refractivity contribution in [3.63, 3.8) is 0 Å². The van der Waals surface area contributed by atoms with Gasteiger partial charge in [-0.1, -0.05) is 0 Å². The van der Waals surface area contributed by atoms with E-state index in [9.17, 15) is 15.2 Å². The Bertz CT molecular complexity index is 578. The van der Waals surface area contributed by atoms with Crippen LogP contribution in [0.15, 0.2) is 42.5 Å².